The third-order valence-corrected chi connectivity index (χ3v) is 3.71. The zero-order valence-corrected chi connectivity index (χ0v) is 12.3. The highest BCUT2D eigenvalue weighted by Crippen LogP contribution is 2.25. The largest absolute Gasteiger partial charge is 0.271 e. The second kappa shape index (κ2) is 5.64. The van der Waals surface area contributed by atoms with Gasteiger partial charge in [-0.2, -0.15) is 0 Å². The molecule has 0 aliphatic carbocycles. The molecule has 0 amide bonds. The number of nitrogens with two attached hydrogens (primary N) is 1. The zero-order valence-electron chi connectivity index (χ0n) is 12.3. The van der Waals surface area contributed by atoms with E-state index in [4.69, 9.17) is 5.84 Å². The maximum Gasteiger partial charge on any atom is 0.0711 e. The standard InChI is InChI=1S/C18H19N3/c1-12-9-17(10-13(2)20-12)18(21-19)16-8-7-14-5-3-4-6-15(14)11-16/h3-11,18,21H,19H2,1-2H3. The highest BCUT2D eigenvalue weighted by molar-refractivity contribution is 5.83. The Kier molecular flexibility index (Phi) is 3.69. The zero-order chi connectivity index (χ0) is 14.8. The van der Waals surface area contributed by atoms with Crippen molar-refractivity contribution in [3.05, 3.63) is 77.1 Å². The van der Waals surface area contributed by atoms with Crippen LogP contribution in [0.1, 0.15) is 28.6 Å². The summed E-state index contributed by atoms with van der Waals surface area (Å²) in [4.78, 5) is 4.43. The highest BCUT2D eigenvalue weighted by atomic mass is 15.2. The fourth-order valence-electron chi connectivity index (χ4n) is 2.81. The molecule has 106 valence electrons. The van der Waals surface area contributed by atoms with Gasteiger partial charge >= 0.3 is 0 Å². The second-order valence-corrected chi connectivity index (χ2v) is 5.39. The maximum absolute atomic E-state index is 5.81. The Hall–Kier alpha value is -2.23. The maximum atomic E-state index is 5.81. The summed E-state index contributed by atoms with van der Waals surface area (Å²) in [5.74, 6) is 5.81. The molecule has 3 heteroatoms. The Labute approximate surface area is 124 Å². The summed E-state index contributed by atoms with van der Waals surface area (Å²) in [6, 6.07) is 18.9. The molecule has 3 aromatic rings. The van der Waals surface area contributed by atoms with Gasteiger partial charge < -0.3 is 0 Å². The van der Waals surface area contributed by atoms with Crippen LogP contribution in [-0.4, -0.2) is 4.98 Å². The van der Waals surface area contributed by atoms with Gasteiger partial charge in [-0.1, -0.05) is 36.4 Å². The van der Waals surface area contributed by atoms with E-state index in [0.29, 0.717) is 0 Å². The number of aromatic nitrogens is 1. The summed E-state index contributed by atoms with van der Waals surface area (Å²) in [5, 5.41) is 2.46. The van der Waals surface area contributed by atoms with Crippen LogP contribution in [0, 0.1) is 13.8 Å². The van der Waals surface area contributed by atoms with Crippen LogP contribution >= 0.6 is 0 Å². The van der Waals surface area contributed by atoms with Gasteiger partial charge in [0.1, 0.15) is 0 Å². The van der Waals surface area contributed by atoms with Gasteiger partial charge in [0.15, 0.2) is 0 Å². The molecule has 3 N–H and O–H groups in total. The van der Waals surface area contributed by atoms with Crippen molar-refractivity contribution in [1.82, 2.24) is 10.4 Å². The van der Waals surface area contributed by atoms with Crippen LogP contribution in [0.3, 0.4) is 0 Å². The first-order valence-corrected chi connectivity index (χ1v) is 7.07. The number of aryl methyl sites for hydroxylation is 2. The fraction of sp³-hybridized carbons (Fsp3) is 0.167. The molecule has 3 rings (SSSR count). The van der Waals surface area contributed by atoms with E-state index in [1.165, 1.54) is 10.8 Å². The molecule has 0 aliphatic heterocycles. The average Bonchev–Trinajstić information content (AvgIpc) is 2.47. The lowest BCUT2D eigenvalue weighted by molar-refractivity contribution is 0.635. The smallest absolute Gasteiger partial charge is 0.0711 e. The van der Waals surface area contributed by atoms with Crippen molar-refractivity contribution in [2.45, 2.75) is 19.9 Å². The van der Waals surface area contributed by atoms with Crippen molar-refractivity contribution >= 4 is 10.8 Å². The Balaban J connectivity index is 2.08. The molecule has 0 aliphatic rings. The lowest BCUT2D eigenvalue weighted by Crippen LogP contribution is -2.29. The fourth-order valence-corrected chi connectivity index (χ4v) is 2.81. The van der Waals surface area contributed by atoms with E-state index in [1.54, 1.807) is 0 Å². The number of hydrazine groups is 1. The first kappa shape index (κ1) is 13.7. The predicted octanol–water partition coefficient (Wildman–Crippen LogP) is 3.40. The molecule has 21 heavy (non-hydrogen) atoms. The van der Waals surface area contributed by atoms with Crippen LogP contribution in [0.15, 0.2) is 54.6 Å². The summed E-state index contributed by atoms with van der Waals surface area (Å²) in [5.41, 5.74) is 7.23. The molecule has 0 bridgehead atoms. The summed E-state index contributed by atoms with van der Waals surface area (Å²) in [6.07, 6.45) is 0. The molecule has 1 atom stereocenters. The van der Waals surface area contributed by atoms with Gasteiger partial charge in [0.25, 0.3) is 0 Å². The summed E-state index contributed by atoms with van der Waals surface area (Å²) < 4.78 is 0. The van der Waals surface area contributed by atoms with Crippen LogP contribution in [0.2, 0.25) is 0 Å². The number of rotatable bonds is 3. The van der Waals surface area contributed by atoms with Crippen LogP contribution in [0.4, 0.5) is 0 Å². The first-order valence-electron chi connectivity index (χ1n) is 7.07. The number of hydrogen-bond donors (Lipinski definition) is 2. The first-order chi connectivity index (χ1) is 10.2. The molecule has 1 unspecified atom stereocenters. The SMILES string of the molecule is Cc1cc(C(NN)c2ccc3ccccc3c2)cc(C)n1. The van der Waals surface area contributed by atoms with E-state index in [1.807, 2.05) is 13.8 Å². The number of nitrogens with zero attached hydrogens (tertiary/aromatic N) is 1. The topological polar surface area (TPSA) is 50.9 Å². The van der Waals surface area contributed by atoms with Crippen LogP contribution in [0.5, 0.6) is 0 Å². The molecule has 1 aromatic heterocycles. The summed E-state index contributed by atoms with van der Waals surface area (Å²) in [6.45, 7) is 4.01. The summed E-state index contributed by atoms with van der Waals surface area (Å²) in [7, 11) is 0. The Morgan fingerprint density at radius 2 is 1.52 bits per heavy atom. The Morgan fingerprint density at radius 3 is 2.19 bits per heavy atom. The molecule has 0 saturated carbocycles. The third kappa shape index (κ3) is 2.79. The molecular formula is C18H19N3. The molecule has 2 aromatic carbocycles. The minimum Gasteiger partial charge on any atom is -0.271 e. The van der Waals surface area contributed by atoms with Gasteiger partial charge in [-0.05, 0) is 53.9 Å². The van der Waals surface area contributed by atoms with Crippen molar-refractivity contribution in [1.29, 1.82) is 0 Å². The monoisotopic (exact) mass is 277 g/mol. The van der Waals surface area contributed by atoms with Gasteiger partial charge in [0.2, 0.25) is 0 Å². The van der Waals surface area contributed by atoms with E-state index < -0.39 is 0 Å². The quantitative estimate of drug-likeness (QED) is 0.570. The lowest BCUT2D eigenvalue weighted by Gasteiger charge is -2.18. The lowest BCUT2D eigenvalue weighted by atomic mass is 9.96. The van der Waals surface area contributed by atoms with E-state index in [9.17, 15) is 0 Å². The highest BCUT2D eigenvalue weighted by Gasteiger charge is 2.14. The van der Waals surface area contributed by atoms with E-state index in [2.05, 4.69) is 65.0 Å². The Morgan fingerprint density at radius 1 is 0.857 bits per heavy atom. The normalized spacial score (nSPS) is 12.5. The molecule has 0 fully saturated rings. The van der Waals surface area contributed by atoms with Crippen LogP contribution in [-0.2, 0) is 0 Å². The number of nitrogens with one attached hydrogen (secondary N) is 1. The van der Waals surface area contributed by atoms with Crippen molar-refractivity contribution in [2.24, 2.45) is 5.84 Å². The van der Waals surface area contributed by atoms with Crippen LogP contribution < -0.4 is 11.3 Å². The van der Waals surface area contributed by atoms with Gasteiger partial charge in [-0.25, -0.2) is 5.43 Å². The predicted molar refractivity (Wildman–Crippen MR) is 86.8 cm³/mol. The third-order valence-electron chi connectivity index (χ3n) is 3.71. The van der Waals surface area contributed by atoms with E-state index >= 15 is 0 Å². The molecular weight excluding hydrogens is 258 g/mol. The van der Waals surface area contributed by atoms with Crippen molar-refractivity contribution in [2.75, 3.05) is 0 Å². The van der Waals surface area contributed by atoms with Gasteiger partial charge in [-0.15, -0.1) is 0 Å². The molecule has 0 saturated heterocycles. The molecule has 0 radical (unpaired) electrons. The van der Waals surface area contributed by atoms with Gasteiger partial charge in [0.05, 0.1) is 6.04 Å². The minimum absolute atomic E-state index is 0.0324. The van der Waals surface area contributed by atoms with Gasteiger partial charge in [-0.3, -0.25) is 10.8 Å². The van der Waals surface area contributed by atoms with Gasteiger partial charge in [0, 0.05) is 11.4 Å². The number of benzene rings is 2. The van der Waals surface area contributed by atoms with Crippen molar-refractivity contribution in [3.8, 4) is 0 Å². The molecule has 0 spiro atoms. The summed E-state index contributed by atoms with van der Waals surface area (Å²) >= 11 is 0. The minimum atomic E-state index is -0.0324. The van der Waals surface area contributed by atoms with Crippen molar-refractivity contribution < 1.29 is 0 Å². The molecule has 1 heterocycles. The number of hydrogen-bond acceptors (Lipinski definition) is 3. The number of pyridine rings is 1. The molecule has 3 nitrogen and oxygen atoms in total. The van der Waals surface area contributed by atoms with Crippen molar-refractivity contribution in [3.63, 3.8) is 0 Å². The van der Waals surface area contributed by atoms with E-state index in [-0.39, 0.29) is 6.04 Å². The second-order valence-electron chi connectivity index (χ2n) is 5.39. The van der Waals surface area contributed by atoms with E-state index in [0.717, 1.165) is 22.5 Å². The Bertz CT molecular complexity index is 760. The average molecular weight is 277 g/mol. The van der Waals surface area contributed by atoms with Crippen LogP contribution in [0.25, 0.3) is 10.8 Å². The number of fused-ring (bicyclic) bond motifs is 1.